The molecule has 0 aromatic heterocycles. The number of unbranched alkanes of at least 4 members (excludes halogenated alkanes) is 3. The van der Waals surface area contributed by atoms with Gasteiger partial charge in [-0.3, -0.25) is 14.4 Å². The van der Waals surface area contributed by atoms with Crippen LogP contribution in [0.4, 0.5) is 4.39 Å². The fourth-order valence-corrected chi connectivity index (χ4v) is 5.03. The van der Waals surface area contributed by atoms with Gasteiger partial charge in [-0.1, -0.05) is 54.8 Å². The van der Waals surface area contributed by atoms with Gasteiger partial charge in [-0.15, -0.1) is 11.8 Å². The van der Waals surface area contributed by atoms with Crippen LogP contribution in [0.3, 0.4) is 0 Å². The van der Waals surface area contributed by atoms with Gasteiger partial charge in [0.05, 0.1) is 0 Å². The second-order valence-corrected chi connectivity index (χ2v) is 9.73. The smallest absolute Gasteiger partial charge is 0.321 e. The lowest BCUT2D eigenvalue weighted by Crippen LogP contribution is -2.55. The number of amides is 2. The average molecular weight is 487 g/mol. The highest BCUT2D eigenvalue weighted by Gasteiger charge is 2.39. The Morgan fingerprint density at radius 1 is 1.06 bits per heavy atom. The van der Waals surface area contributed by atoms with E-state index in [1.807, 2.05) is 19.1 Å². The number of nitrogens with one attached hydrogen (secondary N) is 1. The summed E-state index contributed by atoms with van der Waals surface area (Å²) in [6.45, 7) is 2.84. The SMILES string of the molecule is Cc1ccc(C(SC(C(=O)NCCCCCCc2ccc(F)cc2)N2CCC2=O)C(=O)O)cc1. The van der Waals surface area contributed by atoms with Crippen LogP contribution in [0.1, 0.15) is 54.0 Å². The Morgan fingerprint density at radius 3 is 2.32 bits per heavy atom. The first-order valence-electron chi connectivity index (χ1n) is 11.6. The van der Waals surface area contributed by atoms with Gasteiger partial charge in [0.25, 0.3) is 5.91 Å². The molecule has 182 valence electrons. The van der Waals surface area contributed by atoms with Crippen molar-refractivity contribution in [1.82, 2.24) is 10.2 Å². The minimum Gasteiger partial charge on any atom is -0.480 e. The number of nitrogens with zero attached hydrogens (tertiary/aromatic N) is 1. The molecule has 8 heteroatoms. The number of carboxylic acid groups (broad SMARTS) is 1. The number of carbonyl (C=O) groups excluding carboxylic acids is 2. The van der Waals surface area contributed by atoms with Crippen molar-refractivity contribution in [3.63, 3.8) is 0 Å². The van der Waals surface area contributed by atoms with Gasteiger partial charge >= 0.3 is 5.97 Å². The van der Waals surface area contributed by atoms with E-state index in [2.05, 4.69) is 5.32 Å². The summed E-state index contributed by atoms with van der Waals surface area (Å²) in [6, 6.07) is 13.7. The molecule has 2 amide bonds. The fraction of sp³-hybridized carbons (Fsp3) is 0.423. The first kappa shape index (κ1) is 25.7. The van der Waals surface area contributed by atoms with E-state index in [0.717, 1.165) is 55.0 Å². The number of aryl methyl sites for hydroxylation is 2. The highest BCUT2D eigenvalue weighted by Crippen LogP contribution is 2.36. The summed E-state index contributed by atoms with van der Waals surface area (Å²) < 4.78 is 13.0. The number of aliphatic carboxylic acids is 1. The lowest BCUT2D eigenvalue weighted by molar-refractivity contribution is -0.145. The lowest BCUT2D eigenvalue weighted by Gasteiger charge is -2.37. The molecule has 2 N–H and O–H groups in total. The highest BCUT2D eigenvalue weighted by molar-refractivity contribution is 8.01. The van der Waals surface area contributed by atoms with Crippen molar-refractivity contribution in [3.8, 4) is 0 Å². The zero-order chi connectivity index (χ0) is 24.5. The Kier molecular flexibility index (Phi) is 9.51. The molecule has 1 heterocycles. The zero-order valence-electron chi connectivity index (χ0n) is 19.3. The van der Waals surface area contributed by atoms with E-state index in [4.69, 9.17) is 0 Å². The molecule has 2 atom stereocenters. The second-order valence-electron chi connectivity index (χ2n) is 8.54. The summed E-state index contributed by atoms with van der Waals surface area (Å²) in [5.41, 5.74) is 2.72. The summed E-state index contributed by atoms with van der Waals surface area (Å²) in [6.07, 6.45) is 4.96. The number of hydrogen-bond donors (Lipinski definition) is 2. The summed E-state index contributed by atoms with van der Waals surface area (Å²) >= 11 is 0.990. The molecule has 2 aromatic carbocycles. The van der Waals surface area contributed by atoms with E-state index in [1.54, 1.807) is 24.3 Å². The van der Waals surface area contributed by atoms with Crippen molar-refractivity contribution in [2.75, 3.05) is 13.1 Å². The van der Waals surface area contributed by atoms with Crippen molar-refractivity contribution in [1.29, 1.82) is 0 Å². The first-order chi connectivity index (χ1) is 16.3. The molecule has 1 saturated heterocycles. The van der Waals surface area contributed by atoms with E-state index < -0.39 is 16.6 Å². The number of hydrogen-bond acceptors (Lipinski definition) is 4. The zero-order valence-corrected chi connectivity index (χ0v) is 20.2. The van der Waals surface area contributed by atoms with Crippen LogP contribution in [-0.4, -0.2) is 46.3 Å². The maximum absolute atomic E-state index is 13.0. The summed E-state index contributed by atoms with van der Waals surface area (Å²) in [7, 11) is 0. The molecule has 0 bridgehead atoms. The standard InChI is InChI=1S/C26H31FN2O4S/c1-18-7-11-20(12-8-18)23(26(32)33)34-25(29-17-15-22(29)30)24(31)28-16-5-3-2-4-6-19-9-13-21(27)14-10-19/h7-14,23,25H,2-6,15-17H2,1H3,(H,28,31)(H,32,33). The maximum atomic E-state index is 13.0. The Hall–Kier alpha value is -2.87. The molecule has 6 nitrogen and oxygen atoms in total. The van der Waals surface area contributed by atoms with Crippen LogP contribution in [0.2, 0.25) is 0 Å². The van der Waals surface area contributed by atoms with E-state index in [-0.39, 0.29) is 17.6 Å². The topological polar surface area (TPSA) is 86.7 Å². The Morgan fingerprint density at radius 2 is 1.74 bits per heavy atom. The van der Waals surface area contributed by atoms with Crippen molar-refractivity contribution in [2.45, 2.75) is 56.1 Å². The minimum atomic E-state index is -1.04. The molecule has 0 saturated carbocycles. The Balaban J connectivity index is 1.47. The van der Waals surface area contributed by atoms with Crippen LogP contribution in [0, 0.1) is 12.7 Å². The molecular weight excluding hydrogens is 455 g/mol. The highest BCUT2D eigenvalue weighted by atomic mass is 32.2. The normalized spacial score (nSPS) is 14.9. The van der Waals surface area contributed by atoms with Crippen LogP contribution in [0.15, 0.2) is 48.5 Å². The van der Waals surface area contributed by atoms with Crippen molar-refractivity contribution >= 4 is 29.5 Å². The molecule has 1 fully saturated rings. The van der Waals surface area contributed by atoms with Crippen LogP contribution in [0.25, 0.3) is 0 Å². The number of rotatable bonds is 13. The van der Waals surface area contributed by atoms with Crippen LogP contribution in [0.5, 0.6) is 0 Å². The molecule has 34 heavy (non-hydrogen) atoms. The monoisotopic (exact) mass is 486 g/mol. The van der Waals surface area contributed by atoms with Crippen LogP contribution < -0.4 is 5.32 Å². The van der Waals surface area contributed by atoms with Gasteiger partial charge < -0.3 is 15.3 Å². The van der Waals surface area contributed by atoms with Gasteiger partial charge in [-0.25, -0.2) is 4.39 Å². The van der Waals surface area contributed by atoms with Gasteiger partial charge in [0, 0.05) is 19.5 Å². The largest absolute Gasteiger partial charge is 0.480 e. The van der Waals surface area contributed by atoms with Crippen LogP contribution >= 0.6 is 11.8 Å². The first-order valence-corrected chi connectivity index (χ1v) is 12.6. The van der Waals surface area contributed by atoms with E-state index in [0.29, 0.717) is 25.1 Å². The summed E-state index contributed by atoms with van der Waals surface area (Å²) in [5.74, 6) is -1.74. The van der Waals surface area contributed by atoms with E-state index in [1.165, 1.54) is 17.0 Å². The number of β-lactam (4-membered cyclic amide) rings is 1. The van der Waals surface area contributed by atoms with Gasteiger partial charge in [0.1, 0.15) is 11.1 Å². The fourth-order valence-electron chi connectivity index (χ4n) is 3.76. The molecule has 0 spiro atoms. The van der Waals surface area contributed by atoms with Gasteiger partial charge in [0.2, 0.25) is 5.91 Å². The van der Waals surface area contributed by atoms with Gasteiger partial charge in [0.15, 0.2) is 5.37 Å². The number of benzene rings is 2. The molecule has 0 aliphatic carbocycles. The average Bonchev–Trinajstić information content (AvgIpc) is 2.81. The lowest BCUT2D eigenvalue weighted by atomic mass is 10.1. The summed E-state index contributed by atoms with van der Waals surface area (Å²) in [5, 5.41) is 10.8. The molecule has 0 radical (unpaired) electrons. The molecule has 2 unspecified atom stereocenters. The van der Waals surface area contributed by atoms with Gasteiger partial charge in [-0.2, -0.15) is 0 Å². The third kappa shape index (κ3) is 7.32. The van der Waals surface area contributed by atoms with Gasteiger partial charge in [-0.05, 0) is 49.4 Å². The quantitative estimate of drug-likeness (QED) is 0.322. The molecule has 1 aliphatic heterocycles. The number of likely N-dealkylation sites (tertiary alicyclic amines) is 1. The third-order valence-electron chi connectivity index (χ3n) is 5.87. The minimum absolute atomic E-state index is 0.138. The predicted molar refractivity (Wildman–Crippen MR) is 131 cm³/mol. The Labute approximate surface area is 203 Å². The van der Waals surface area contributed by atoms with E-state index >= 15 is 0 Å². The number of carboxylic acids is 1. The molecule has 3 rings (SSSR count). The molecule has 2 aromatic rings. The number of carbonyl (C=O) groups is 3. The van der Waals surface area contributed by atoms with Crippen LogP contribution in [-0.2, 0) is 20.8 Å². The number of halogens is 1. The third-order valence-corrected chi connectivity index (χ3v) is 7.34. The molecular formula is C26H31FN2O4S. The Bertz CT molecular complexity index is 981. The number of thioether (sulfide) groups is 1. The maximum Gasteiger partial charge on any atom is 0.321 e. The second kappa shape index (κ2) is 12.6. The molecule has 1 aliphatic rings. The van der Waals surface area contributed by atoms with Crippen molar-refractivity contribution in [3.05, 3.63) is 71.0 Å². The van der Waals surface area contributed by atoms with Crippen molar-refractivity contribution < 1.29 is 23.9 Å². The predicted octanol–water partition coefficient (Wildman–Crippen LogP) is 4.47. The van der Waals surface area contributed by atoms with Crippen molar-refractivity contribution in [2.24, 2.45) is 0 Å². The van der Waals surface area contributed by atoms with E-state index in [9.17, 15) is 23.9 Å². The summed E-state index contributed by atoms with van der Waals surface area (Å²) in [4.78, 5) is 38.4.